The lowest BCUT2D eigenvalue weighted by atomic mass is 10.2. The number of amides is 2. The van der Waals surface area contributed by atoms with Crippen LogP contribution in [0.15, 0.2) is 51.4 Å². The molecule has 0 fully saturated rings. The number of hydrogen-bond donors (Lipinski definition) is 3. The topological polar surface area (TPSA) is 79.5 Å². The number of carbonyl (C=O) groups is 2. The van der Waals surface area contributed by atoms with Crippen molar-refractivity contribution in [2.24, 2.45) is 0 Å². The van der Waals surface area contributed by atoms with Crippen molar-refractivity contribution in [2.45, 2.75) is 13.3 Å². The molecule has 27 heavy (non-hydrogen) atoms. The van der Waals surface area contributed by atoms with Crippen molar-refractivity contribution in [2.75, 3.05) is 6.61 Å². The molecule has 2 aromatic rings. The van der Waals surface area contributed by atoms with Crippen molar-refractivity contribution >= 4 is 61.0 Å². The third-order valence-electron chi connectivity index (χ3n) is 3.29. The maximum absolute atomic E-state index is 12.3. The molecule has 0 heterocycles. The molecule has 0 atom stereocenters. The maximum Gasteiger partial charge on any atom is 0.270 e. The van der Waals surface area contributed by atoms with E-state index in [1.807, 2.05) is 6.92 Å². The van der Waals surface area contributed by atoms with Crippen molar-refractivity contribution in [3.05, 3.63) is 62.5 Å². The van der Waals surface area contributed by atoms with Crippen molar-refractivity contribution in [1.29, 1.82) is 0 Å². The third kappa shape index (κ3) is 6.30. The number of benzene rings is 2. The lowest BCUT2D eigenvalue weighted by Crippen LogP contribution is -2.48. The Labute approximate surface area is 179 Å². The van der Waals surface area contributed by atoms with Crippen LogP contribution >= 0.6 is 44.1 Å². The number of thiocarbonyl (C=S) groups is 1. The fourth-order valence-corrected chi connectivity index (χ4v) is 3.11. The Hall–Kier alpha value is -1.97. The molecule has 0 aliphatic heterocycles. The van der Waals surface area contributed by atoms with E-state index < -0.39 is 5.91 Å². The van der Waals surface area contributed by atoms with Crippen molar-refractivity contribution < 1.29 is 14.3 Å². The summed E-state index contributed by atoms with van der Waals surface area (Å²) in [7, 11) is 0. The maximum atomic E-state index is 12.3. The van der Waals surface area contributed by atoms with Gasteiger partial charge in [-0.3, -0.25) is 25.8 Å². The molecule has 0 aliphatic rings. The van der Waals surface area contributed by atoms with Crippen LogP contribution < -0.4 is 20.9 Å². The number of hydrogen-bond acceptors (Lipinski definition) is 4. The summed E-state index contributed by atoms with van der Waals surface area (Å²) in [5.74, 6) is -0.139. The molecule has 0 saturated heterocycles. The molecule has 2 rings (SSSR count). The van der Waals surface area contributed by atoms with Crippen LogP contribution in [0.4, 0.5) is 0 Å². The predicted octanol–water partition coefficient (Wildman–Crippen LogP) is 3.95. The number of halogens is 2. The first-order chi connectivity index (χ1) is 12.9. The van der Waals surface area contributed by atoms with Crippen LogP contribution in [-0.2, 0) is 0 Å². The highest BCUT2D eigenvalue weighted by molar-refractivity contribution is 9.10. The van der Waals surface area contributed by atoms with E-state index in [9.17, 15) is 9.59 Å². The normalized spacial score (nSPS) is 10.0. The molecule has 0 spiro atoms. The zero-order chi connectivity index (χ0) is 19.8. The largest absolute Gasteiger partial charge is 0.492 e. The highest BCUT2D eigenvalue weighted by Gasteiger charge is 2.13. The first-order valence-corrected chi connectivity index (χ1v) is 10.00. The Kier molecular flexibility index (Phi) is 8.21. The van der Waals surface area contributed by atoms with Gasteiger partial charge in [-0.25, -0.2) is 0 Å². The van der Waals surface area contributed by atoms with Gasteiger partial charge in [0.1, 0.15) is 5.75 Å². The minimum absolute atomic E-state index is 0.0252. The Morgan fingerprint density at radius 2 is 1.78 bits per heavy atom. The van der Waals surface area contributed by atoms with E-state index in [1.165, 1.54) is 0 Å². The Morgan fingerprint density at radius 1 is 1.04 bits per heavy atom. The summed E-state index contributed by atoms with van der Waals surface area (Å²) >= 11 is 11.7. The molecular weight excluding hydrogens is 498 g/mol. The van der Waals surface area contributed by atoms with Crippen molar-refractivity contribution in [1.82, 2.24) is 16.2 Å². The van der Waals surface area contributed by atoms with Gasteiger partial charge in [0, 0.05) is 10.0 Å². The van der Waals surface area contributed by atoms with E-state index in [4.69, 9.17) is 17.0 Å². The molecular formula is C18H17Br2N3O3S. The molecule has 0 unspecified atom stereocenters. The first kappa shape index (κ1) is 21.3. The molecule has 6 nitrogen and oxygen atoms in total. The fourth-order valence-electron chi connectivity index (χ4n) is 2.00. The molecule has 0 bridgehead atoms. The second-order valence-corrected chi connectivity index (χ2v) is 7.45. The van der Waals surface area contributed by atoms with Crippen LogP contribution in [-0.4, -0.2) is 23.5 Å². The van der Waals surface area contributed by atoms with Gasteiger partial charge in [0.2, 0.25) is 0 Å². The molecule has 2 aromatic carbocycles. The Balaban J connectivity index is 1.90. The standard InChI is InChI=1S/C18H17Br2N3O3S/c1-2-9-26-15-8-7-11(10-14(15)20)16(24)21-18(27)23-22-17(25)12-5-3-4-6-13(12)19/h3-8,10H,2,9H2,1H3,(H,22,25)(H2,21,23,24,27). The van der Waals surface area contributed by atoms with E-state index in [2.05, 4.69) is 48.0 Å². The second-order valence-electron chi connectivity index (χ2n) is 5.34. The molecule has 142 valence electrons. The molecule has 3 N–H and O–H groups in total. The zero-order valence-corrected chi connectivity index (χ0v) is 18.3. The van der Waals surface area contributed by atoms with Crippen molar-refractivity contribution in [3.8, 4) is 5.75 Å². The van der Waals surface area contributed by atoms with E-state index in [1.54, 1.807) is 42.5 Å². The zero-order valence-electron chi connectivity index (χ0n) is 14.3. The average Bonchev–Trinajstić information content (AvgIpc) is 2.65. The van der Waals surface area contributed by atoms with Gasteiger partial charge in [0.15, 0.2) is 5.11 Å². The summed E-state index contributed by atoms with van der Waals surface area (Å²) in [6.45, 7) is 2.61. The lowest BCUT2D eigenvalue weighted by molar-refractivity contribution is 0.0934. The minimum Gasteiger partial charge on any atom is -0.492 e. The number of carbonyl (C=O) groups excluding carboxylic acids is 2. The summed E-state index contributed by atoms with van der Waals surface area (Å²) in [6, 6.07) is 11.9. The summed E-state index contributed by atoms with van der Waals surface area (Å²) in [4.78, 5) is 24.4. The SMILES string of the molecule is CCCOc1ccc(C(=O)NC(=S)NNC(=O)c2ccccc2Br)cc1Br. The highest BCUT2D eigenvalue weighted by atomic mass is 79.9. The van der Waals surface area contributed by atoms with Crippen molar-refractivity contribution in [3.63, 3.8) is 0 Å². The molecule has 0 radical (unpaired) electrons. The van der Waals surface area contributed by atoms with Gasteiger partial charge < -0.3 is 4.74 Å². The monoisotopic (exact) mass is 513 g/mol. The predicted molar refractivity (Wildman–Crippen MR) is 115 cm³/mol. The molecule has 2 amide bonds. The highest BCUT2D eigenvalue weighted by Crippen LogP contribution is 2.26. The smallest absolute Gasteiger partial charge is 0.270 e. The van der Waals surface area contributed by atoms with Crippen LogP contribution in [0.1, 0.15) is 34.1 Å². The van der Waals surface area contributed by atoms with Gasteiger partial charge in [-0.1, -0.05) is 19.1 Å². The Bertz CT molecular complexity index is 861. The van der Waals surface area contributed by atoms with Gasteiger partial charge >= 0.3 is 0 Å². The third-order valence-corrected chi connectivity index (χ3v) is 4.81. The number of rotatable bonds is 5. The van der Waals surface area contributed by atoms with Crippen LogP contribution in [0.5, 0.6) is 5.75 Å². The van der Waals surface area contributed by atoms with E-state index in [0.717, 1.165) is 6.42 Å². The minimum atomic E-state index is -0.412. The van der Waals surface area contributed by atoms with Crippen LogP contribution in [0, 0.1) is 0 Å². The molecule has 0 saturated carbocycles. The van der Waals surface area contributed by atoms with E-state index >= 15 is 0 Å². The fraction of sp³-hybridized carbons (Fsp3) is 0.167. The number of ether oxygens (including phenoxy) is 1. The van der Waals surface area contributed by atoms with E-state index in [-0.39, 0.29) is 11.0 Å². The first-order valence-electron chi connectivity index (χ1n) is 8.01. The van der Waals surface area contributed by atoms with Crippen LogP contribution in [0.2, 0.25) is 0 Å². The van der Waals surface area contributed by atoms with Gasteiger partial charge in [0.25, 0.3) is 11.8 Å². The van der Waals surface area contributed by atoms with Gasteiger partial charge in [-0.05, 0) is 80.8 Å². The van der Waals surface area contributed by atoms with Crippen LogP contribution in [0.3, 0.4) is 0 Å². The average molecular weight is 515 g/mol. The summed E-state index contributed by atoms with van der Waals surface area (Å²) in [5.41, 5.74) is 5.77. The van der Waals surface area contributed by atoms with Crippen LogP contribution in [0.25, 0.3) is 0 Å². The molecule has 9 heteroatoms. The summed E-state index contributed by atoms with van der Waals surface area (Å²) in [5, 5.41) is 2.48. The number of nitrogens with one attached hydrogen (secondary N) is 3. The quantitative estimate of drug-likeness (QED) is 0.416. The van der Waals surface area contributed by atoms with Gasteiger partial charge in [-0.15, -0.1) is 0 Å². The van der Waals surface area contributed by atoms with Gasteiger partial charge in [0.05, 0.1) is 16.6 Å². The van der Waals surface area contributed by atoms with E-state index in [0.29, 0.717) is 32.4 Å². The second kappa shape index (κ2) is 10.4. The number of hydrazine groups is 1. The lowest BCUT2D eigenvalue weighted by Gasteiger charge is -2.12. The summed E-state index contributed by atoms with van der Waals surface area (Å²) in [6.07, 6.45) is 0.889. The van der Waals surface area contributed by atoms with Gasteiger partial charge in [-0.2, -0.15) is 0 Å². The molecule has 0 aliphatic carbocycles. The molecule has 0 aromatic heterocycles. The Morgan fingerprint density at radius 3 is 2.44 bits per heavy atom. The summed E-state index contributed by atoms with van der Waals surface area (Å²) < 4.78 is 6.87.